The Balaban J connectivity index is 1.63. The molecule has 0 radical (unpaired) electrons. The van der Waals surface area contributed by atoms with Gasteiger partial charge >= 0.3 is 0 Å². The highest BCUT2D eigenvalue weighted by molar-refractivity contribution is 6.31. The van der Waals surface area contributed by atoms with Gasteiger partial charge in [-0.05, 0) is 36.1 Å². The Kier molecular flexibility index (Phi) is 4.79. The first-order valence-electron chi connectivity index (χ1n) is 7.72. The van der Waals surface area contributed by atoms with Crippen LogP contribution in [-0.2, 0) is 17.6 Å². The Morgan fingerprint density at radius 3 is 2.65 bits per heavy atom. The summed E-state index contributed by atoms with van der Waals surface area (Å²) >= 11 is 6.12. The number of nitrogens with one attached hydrogen (secondary N) is 1. The van der Waals surface area contributed by atoms with Crippen molar-refractivity contribution >= 4 is 28.3 Å². The molecule has 1 heterocycles. The summed E-state index contributed by atoms with van der Waals surface area (Å²) < 4.78 is 0. The Morgan fingerprint density at radius 2 is 1.83 bits per heavy atom. The number of para-hydroxylation sites is 1. The van der Waals surface area contributed by atoms with E-state index in [4.69, 9.17) is 17.3 Å². The van der Waals surface area contributed by atoms with Crippen LogP contribution in [0.1, 0.15) is 17.5 Å². The molecule has 0 amide bonds. The van der Waals surface area contributed by atoms with Crippen molar-refractivity contribution in [3.8, 4) is 0 Å². The summed E-state index contributed by atoms with van der Waals surface area (Å²) in [7, 11) is 0. The second-order valence-electron chi connectivity index (χ2n) is 5.73. The molecule has 0 aliphatic carbocycles. The third kappa shape index (κ3) is 3.63. The Bertz CT molecular complexity index is 825. The number of rotatable bonds is 6. The van der Waals surface area contributed by atoms with E-state index < -0.39 is 6.04 Å². The van der Waals surface area contributed by atoms with E-state index >= 15 is 0 Å². The molecule has 1 unspecified atom stereocenters. The number of carbonyl (C=O) groups excluding carboxylic acids is 1. The molecule has 3 rings (SSSR count). The van der Waals surface area contributed by atoms with E-state index in [2.05, 4.69) is 4.98 Å². The number of benzene rings is 2. The summed E-state index contributed by atoms with van der Waals surface area (Å²) in [6, 6.07) is 15.1. The predicted octanol–water partition coefficient (Wildman–Crippen LogP) is 3.89. The third-order valence-electron chi connectivity index (χ3n) is 4.13. The predicted molar refractivity (Wildman–Crippen MR) is 94.8 cm³/mol. The summed E-state index contributed by atoms with van der Waals surface area (Å²) in [6.07, 6.45) is 3.52. The average molecular weight is 327 g/mol. The molecular formula is C19H19ClN2O. The Labute approximate surface area is 140 Å². The van der Waals surface area contributed by atoms with Gasteiger partial charge in [-0.2, -0.15) is 0 Å². The van der Waals surface area contributed by atoms with Crippen LogP contribution in [0.4, 0.5) is 0 Å². The molecule has 1 atom stereocenters. The molecule has 4 heteroatoms. The van der Waals surface area contributed by atoms with Crippen molar-refractivity contribution in [2.75, 3.05) is 0 Å². The smallest absolute Gasteiger partial charge is 0.150 e. The molecule has 3 aromatic rings. The monoisotopic (exact) mass is 326 g/mol. The summed E-state index contributed by atoms with van der Waals surface area (Å²) in [6.45, 7) is 0. The van der Waals surface area contributed by atoms with Gasteiger partial charge in [0.15, 0.2) is 0 Å². The molecular weight excluding hydrogens is 308 g/mol. The second kappa shape index (κ2) is 6.99. The second-order valence-corrected chi connectivity index (χ2v) is 6.14. The standard InChI is InChI=1S/C19H19ClN2O/c20-16-7-3-1-5-13(16)9-10-19(23)17(21)11-14-12-22-18-8-4-2-6-15(14)18/h1-8,12,17,22H,9-11,21H2. The highest BCUT2D eigenvalue weighted by Gasteiger charge is 2.16. The van der Waals surface area contributed by atoms with Crippen LogP contribution in [-0.4, -0.2) is 16.8 Å². The van der Waals surface area contributed by atoms with E-state index in [0.29, 0.717) is 24.3 Å². The molecule has 3 N–H and O–H groups in total. The Hall–Kier alpha value is -2.10. The van der Waals surface area contributed by atoms with Crippen molar-refractivity contribution in [2.24, 2.45) is 5.73 Å². The van der Waals surface area contributed by atoms with Gasteiger partial charge in [-0.3, -0.25) is 4.79 Å². The van der Waals surface area contributed by atoms with Gasteiger partial charge in [-0.1, -0.05) is 48.0 Å². The number of nitrogens with two attached hydrogens (primary N) is 1. The topological polar surface area (TPSA) is 58.9 Å². The zero-order chi connectivity index (χ0) is 16.2. The zero-order valence-corrected chi connectivity index (χ0v) is 13.5. The number of H-pyrrole nitrogens is 1. The van der Waals surface area contributed by atoms with Crippen molar-refractivity contribution in [1.82, 2.24) is 4.98 Å². The van der Waals surface area contributed by atoms with Crippen molar-refractivity contribution < 1.29 is 4.79 Å². The quantitative estimate of drug-likeness (QED) is 0.722. The Morgan fingerprint density at radius 1 is 1.09 bits per heavy atom. The number of fused-ring (bicyclic) bond motifs is 1. The lowest BCUT2D eigenvalue weighted by molar-refractivity contribution is -0.120. The molecule has 0 fully saturated rings. The molecule has 23 heavy (non-hydrogen) atoms. The van der Waals surface area contributed by atoms with E-state index in [0.717, 1.165) is 22.0 Å². The number of ketones is 1. The van der Waals surface area contributed by atoms with Gasteiger partial charge in [0, 0.05) is 28.5 Å². The van der Waals surface area contributed by atoms with Crippen LogP contribution in [0.5, 0.6) is 0 Å². The summed E-state index contributed by atoms with van der Waals surface area (Å²) in [5.74, 6) is 0.0650. The average Bonchev–Trinajstić information content (AvgIpc) is 2.97. The molecule has 1 aromatic heterocycles. The first-order chi connectivity index (χ1) is 11.1. The maximum Gasteiger partial charge on any atom is 0.150 e. The molecule has 0 bridgehead atoms. The van der Waals surface area contributed by atoms with Crippen molar-refractivity contribution in [3.05, 3.63) is 70.9 Å². The van der Waals surface area contributed by atoms with Gasteiger partial charge in [-0.25, -0.2) is 0 Å². The fourth-order valence-corrected chi connectivity index (χ4v) is 3.03. The maximum atomic E-state index is 12.3. The number of aryl methyl sites for hydroxylation is 1. The van der Waals surface area contributed by atoms with Crippen LogP contribution < -0.4 is 5.73 Å². The van der Waals surface area contributed by atoms with Gasteiger partial charge in [0.1, 0.15) is 5.78 Å². The minimum Gasteiger partial charge on any atom is -0.361 e. The SMILES string of the molecule is NC(Cc1c[nH]c2ccccc12)C(=O)CCc1ccccc1Cl. The van der Waals surface area contributed by atoms with E-state index in [1.165, 1.54) is 0 Å². The zero-order valence-electron chi connectivity index (χ0n) is 12.8. The molecule has 118 valence electrons. The van der Waals surface area contributed by atoms with E-state index in [-0.39, 0.29) is 5.78 Å². The minimum absolute atomic E-state index is 0.0650. The lowest BCUT2D eigenvalue weighted by Gasteiger charge is -2.10. The highest BCUT2D eigenvalue weighted by atomic mass is 35.5. The molecule has 2 aromatic carbocycles. The van der Waals surface area contributed by atoms with Crippen molar-refractivity contribution in [2.45, 2.75) is 25.3 Å². The fraction of sp³-hybridized carbons (Fsp3) is 0.211. The van der Waals surface area contributed by atoms with Crippen LogP contribution in [0.2, 0.25) is 5.02 Å². The number of carbonyl (C=O) groups is 1. The molecule has 0 aliphatic heterocycles. The van der Waals surface area contributed by atoms with Crippen LogP contribution in [0.15, 0.2) is 54.7 Å². The van der Waals surface area contributed by atoms with E-state index in [9.17, 15) is 4.79 Å². The fourth-order valence-electron chi connectivity index (χ4n) is 2.80. The first-order valence-corrected chi connectivity index (χ1v) is 8.09. The van der Waals surface area contributed by atoms with Crippen LogP contribution in [0.25, 0.3) is 10.9 Å². The number of halogens is 1. The van der Waals surface area contributed by atoms with E-state index in [1.54, 1.807) is 0 Å². The van der Waals surface area contributed by atoms with E-state index in [1.807, 2.05) is 54.7 Å². The lowest BCUT2D eigenvalue weighted by Crippen LogP contribution is -2.32. The molecule has 0 spiro atoms. The van der Waals surface area contributed by atoms with Gasteiger partial charge < -0.3 is 10.7 Å². The molecule has 0 aliphatic rings. The van der Waals surface area contributed by atoms with Crippen molar-refractivity contribution in [1.29, 1.82) is 0 Å². The molecule has 0 saturated carbocycles. The molecule has 0 saturated heterocycles. The van der Waals surface area contributed by atoms with Gasteiger partial charge in [0.05, 0.1) is 6.04 Å². The first kappa shape index (κ1) is 15.8. The minimum atomic E-state index is -0.489. The number of aromatic nitrogens is 1. The lowest BCUT2D eigenvalue weighted by atomic mass is 9.98. The highest BCUT2D eigenvalue weighted by Crippen LogP contribution is 2.20. The van der Waals surface area contributed by atoms with Gasteiger partial charge in [0.25, 0.3) is 0 Å². The van der Waals surface area contributed by atoms with Crippen LogP contribution in [0, 0.1) is 0 Å². The number of hydrogen-bond donors (Lipinski definition) is 2. The maximum absolute atomic E-state index is 12.3. The normalized spacial score (nSPS) is 12.4. The van der Waals surface area contributed by atoms with Gasteiger partial charge in [0.2, 0.25) is 0 Å². The third-order valence-corrected chi connectivity index (χ3v) is 4.50. The summed E-state index contributed by atoms with van der Waals surface area (Å²) in [5, 5.41) is 1.83. The number of Topliss-reactive ketones (excluding diaryl/α,β-unsaturated/α-hetero) is 1. The largest absolute Gasteiger partial charge is 0.361 e. The number of hydrogen-bond acceptors (Lipinski definition) is 2. The van der Waals surface area contributed by atoms with Crippen molar-refractivity contribution in [3.63, 3.8) is 0 Å². The molecule has 3 nitrogen and oxygen atoms in total. The summed E-state index contributed by atoms with van der Waals surface area (Å²) in [4.78, 5) is 15.5. The van der Waals surface area contributed by atoms with Gasteiger partial charge in [-0.15, -0.1) is 0 Å². The van der Waals surface area contributed by atoms with Crippen LogP contribution >= 0.6 is 11.6 Å². The summed E-state index contributed by atoms with van der Waals surface area (Å²) in [5.41, 5.74) is 9.24. The number of aromatic amines is 1. The van der Waals surface area contributed by atoms with Crippen LogP contribution in [0.3, 0.4) is 0 Å².